The molecule has 27 heavy (non-hydrogen) atoms. The number of hydrogen-bond donors (Lipinski definition) is 1. The Morgan fingerprint density at radius 2 is 2.19 bits per heavy atom. The van der Waals surface area contributed by atoms with Crippen LogP contribution in [0.3, 0.4) is 0 Å². The highest BCUT2D eigenvalue weighted by Gasteiger charge is 2.31. The van der Waals surface area contributed by atoms with Gasteiger partial charge in [0.1, 0.15) is 0 Å². The molecule has 4 rings (SSSR count). The van der Waals surface area contributed by atoms with Gasteiger partial charge in [0.2, 0.25) is 11.8 Å². The summed E-state index contributed by atoms with van der Waals surface area (Å²) in [6.07, 6.45) is 8.54. The average molecular weight is 372 g/mol. The van der Waals surface area contributed by atoms with Crippen LogP contribution in [0, 0.1) is 11.8 Å². The van der Waals surface area contributed by atoms with Gasteiger partial charge in [0.15, 0.2) is 0 Å². The summed E-state index contributed by atoms with van der Waals surface area (Å²) in [7, 11) is 0. The van der Waals surface area contributed by atoms with Gasteiger partial charge in [0.05, 0.1) is 36.4 Å². The number of aromatic nitrogens is 3. The molecule has 0 unspecified atom stereocenters. The minimum Gasteiger partial charge on any atom is -0.477 e. The summed E-state index contributed by atoms with van der Waals surface area (Å²) in [5.74, 6) is 1.93. The van der Waals surface area contributed by atoms with Gasteiger partial charge in [0, 0.05) is 25.7 Å². The van der Waals surface area contributed by atoms with E-state index in [1.807, 2.05) is 19.2 Å². The number of pyridine rings is 1. The third-order valence-electron chi connectivity index (χ3n) is 5.34. The van der Waals surface area contributed by atoms with E-state index in [-0.39, 0.29) is 18.1 Å². The Bertz CT molecular complexity index is 796. The van der Waals surface area contributed by atoms with E-state index >= 15 is 0 Å². The second-order valence-electron chi connectivity index (χ2n) is 8.02. The minimum absolute atomic E-state index is 0.0203. The van der Waals surface area contributed by atoms with Crippen molar-refractivity contribution in [1.29, 1.82) is 0 Å². The highest BCUT2D eigenvalue weighted by atomic mass is 16.5. The molecule has 2 fully saturated rings. The number of carbonyl (C=O) groups is 1. The number of fused-ring (bicyclic) bond motifs is 1. The molecule has 0 saturated heterocycles. The van der Waals surface area contributed by atoms with E-state index in [4.69, 9.17) is 9.47 Å². The van der Waals surface area contributed by atoms with E-state index in [2.05, 4.69) is 20.1 Å². The first kappa shape index (κ1) is 18.2. The quantitative estimate of drug-likeness (QED) is 0.732. The zero-order valence-corrected chi connectivity index (χ0v) is 16.1. The van der Waals surface area contributed by atoms with Gasteiger partial charge in [-0.25, -0.2) is 4.98 Å². The summed E-state index contributed by atoms with van der Waals surface area (Å²) < 4.78 is 13.9. The fraction of sp³-hybridized carbons (Fsp3) is 0.650. The number of carbonyl (C=O) groups excluding carboxylic acids is 1. The summed E-state index contributed by atoms with van der Waals surface area (Å²) in [5, 5.41) is 8.35. The van der Waals surface area contributed by atoms with E-state index in [9.17, 15) is 4.79 Å². The van der Waals surface area contributed by atoms with Crippen molar-refractivity contribution in [2.75, 3.05) is 13.2 Å². The van der Waals surface area contributed by atoms with Crippen LogP contribution in [0.25, 0.3) is 10.9 Å². The van der Waals surface area contributed by atoms with Crippen molar-refractivity contribution in [3.63, 3.8) is 0 Å². The van der Waals surface area contributed by atoms with Crippen LogP contribution in [0.15, 0.2) is 18.5 Å². The molecule has 0 radical (unpaired) electrons. The Balaban J connectivity index is 1.23. The fourth-order valence-corrected chi connectivity index (χ4v) is 3.60. The second kappa shape index (κ2) is 7.84. The van der Waals surface area contributed by atoms with E-state index in [0.29, 0.717) is 25.0 Å². The maximum absolute atomic E-state index is 11.0. The number of amides is 1. The lowest BCUT2D eigenvalue weighted by Gasteiger charge is -2.35. The van der Waals surface area contributed by atoms with Crippen molar-refractivity contribution in [3.8, 4) is 5.88 Å². The normalized spacial score (nSPS) is 23.0. The Hall–Kier alpha value is -2.15. The molecule has 7 nitrogen and oxygen atoms in total. The summed E-state index contributed by atoms with van der Waals surface area (Å²) in [5.41, 5.74) is 1.11. The molecule has 2 saturated carbocycles. The standard InChI is InChI=1S/C20H28N4O3/c1-13(23-14(2)25)11-26-17-7-16(8-17)12-27-20-18-9-22-24(10-15-3-4-15)19(18)5-6-21-20/h5-6,9,13,15-17H,3-4,7-8,10-12H2,1-2H3,(H,23,25)/t13-,16-,17-/m0/s1. The minimum atomic E-state index is -0.0203. The first-order valence-electron chi connectivity index (χ1n) is 9.90. The van der Waals surface area contributed by atoms with Crippen molar-refractivity contribution in [3.05, 3.63) is 18.5 Å². The Morgan fingerprint density at radius 3 is 2.93 bits per heavy atom. The van der Waals surface area contributed by atoms with E-state index in [1.54, 1.807) is 6.20 Å². The van der Waals surface area contributed by atoms with Crippen molar-refractivity contribution < 1.29 is 14.3 Å². The number of ether oxygens (including phenoxy) is 2. The van der Waals surface area contributed by atoms with Crippen molar-refractivity contribution in [2.45, 2.75) is 58.2 Å². The molecule has 1 N–H and O–H groups in total. The molecule has 2 heterocycles. The van der Waals surface area contributed by atoms with Gasteiger partial charge in [-0.3, -0.25) is 9.48 Å². The number of nitrogens with one attached hydrogen (secondary N) is 1. The average Bonchev–Trinajstić information content (AvgIpc) is 3.31. The summed E-state index contributed by atoms with van der Waals surface area (Å²) in [6, 6.07) is 2.06. The van der Waals surface area contributed by atoms with E-state index < -0.39 is 0 Å². The molecule has 0 spiro atoms. The van der Waals surface area contributed by atoms with Gasteiger partial charge >= 0.3 is 0 Å². The molecule has 1 atom stereocenters. The molecule has 1 amide bonds. The molecule has 0 bridgehead atoms. The molecule has 7 heteroatoms. The van der Waals surface area contributed by atoms with Crippen LogP contribution in [-0.2, 0) is 16.1 Å². The summed E-state index contributed by atoms with van der Waals surface area (Å²) in [4.78, 5) is 15.4. The number of nitrogens with zero attached hydrogens (tertiary/aromatic N) is 3. The van der Waals surface area contributed by atoms with Crippen LogP contribution in [-0.4, -0.2) is 46.0 Å². The smallest absolute Gasteiger partial charge is 0.224 e. The largest absolute Gasteiger partial charge is 0.477 e. The zero-order valence-electron chi connectivity index (χ0n) is 16.1. The van der Waals surface area contributed by atoms with E-state index in [0.717, 1.165) is 36.2 Å². The third kappa shape index (κ3) is 4.58. The second-order valence-corrected chi connectivity index (χ2v) is 8.02. The van der Waals surface area contributed by atoms with Gasteiger partial charge in [-0.2, -0.15) is 5.10 Å². The monoisotopic (exact) mass is 372 g/mol. The van der Waals surface area contributed by atoms with Crippen LogP contribution >= 0.6 is 0 Å². The van der Waals surface area contributed by atoms with Crippen LogP contribution < -0.4 is 10.1 Å². The number of rotatable bonds is 9. The fourth-order valence-electron chi connectivity index (χ4n) is 3.60. The molecule has 2 aromatic heterocycles. The molecular weight excluding hydrogens is 344 g/mol. The molecule has 2 aromatic rings. The van der Waals surface area contributed by atoms with Crippen molar-refractivity contribution in [1.82, 2.24) is 20.1 Å². The molecule has 2 aliphatic carbocycles. The SMILES string of the molecule is CC(=O)N[C@@H](C)CO[C@H]1C[C@H](COc2nccc3c2cnn3CC2CC2)C1. The third-order valence-corrected chi connectivity index (χ3v) is 5.34. The molecule has 146 valence electrons. The Labute approximate surface area is 159 Å². The van der Waals surface area contributed by atoms with E-state index in [1.165, 1.54) is 19.8 Å². The van der Waals surface area contributed by atoms with Crippen molar-refractivity contribution in [2.24, 2.45) is 11.8 Å². The molecule has 0 aliphatic heterocycles. The highest BCUT2D eigenvalue weighted by Crippen LogP contribution is 2.33. The Morgan fingerprint density at radius 1 is 1.37 bits per heavy atom. The van der Waals surface area contributed by atoms with Gasteiger partial charge in [-0.15, -0.1) is 0 Å². The Kier molecular flexibility index (Phi) is 5.29. The van der Waals surface area contributed by atoms with Crippen LogP contribution in [0.2, 0.25) is 0 Å². The van der Waals surface area contributed by atoms with Crippen LogP contribution in [0.4, 0.5) is 0 Å². The summed E-state index contributed by atoms with van der Waals surface area (Å²) in [6.45, 7) is 5.68. The molecule has 0 aromatic carbocycles. The van der Waals surface area contributed by atoms with Gasteiger partial charge < -0.3 is 14.8 Å². The highest BCUT2D eigenvalue weighted by molar-refractivity contribution is 5.83. The molecular formula is C20H28N4O3. The van der Waals surface area contributed by atoms with Crippen molar-refractivity contribution >= 4 is 16.8 Å². The van der Waals surface area contributed by atoms with Gasteiger partial charge in [-0.05, 0) is 50.5 Å². The van der Waals surface area contributed by atoms with Crippen LogP contribution in [0.5, 0.6) is 5.88 Å². The maximum Gasteiger partial charge on any atom is 0.224 e. The lowest BCUT2D eigenvalue weighted by molar-refractivity contribution is -0.120. The molecule has 2 aliphatic rings. The summed E-state index contributed by atoms with van der Waals surface area (Å²) >= 11 is 0. The zero-order chi connectivity index (χ0) is 18.8. The first-order chi connectivity index (χ1) is 13.1. The predicted molar refractivity (Wildman–Crippen MR) is 101 cm³/mol. The topological polar surface area (TPSA) is 78.3 Å². The maximum atomic E-state index is 11.0. The lowest BCUT2D eigenvalue weighted by Crippen LogP contribution is -2.40. The van der Waals surface area contributed by atoms with Gasteiger partial charge in [0.25, 0.3) is 0 Å². The first-order valence-corrected chi connectivity index (χ1v) is 9.90. The lowest BCUT2D eigenvalue weighted by atomic mass is 9.83. The van der Waals surface area contributed by atoms with Gasteiger partial charge in [-0.1, -0.05) is 0 Å². The van der Waals surface area contributed by atoms with Crippen LogP contribution in [0.1, 0.15) is 39.5 Å². The predicted octanol–water partition coefficient (Wildman–Crippen LogP) is 2.54. The number of hydrogen-bond acceptors (Lipinski definition) is 5.